The SMILES string of the molecule is Cc1ccc(OCCN)c(C(=O)NCC2=CCCCC2)c1. The van der Waals surface area contributed by atoms with Gasteiger partial charge in [-0.2, -0.15) is 0 Å². The van der Waals surface area contributed by atoms with Crippen molar-refractivity contribution in [1.82, 2.24) is 5.32 Å². The van der Waals surface area contributed by atoms with Crippen molar-refractivity contribution in [1.29, 1.82) is 0 Å². The highest BCUT2D eigenvalue weighted by Gasteiger charge is 2.13. The molecule has 0 spiro atoms. The second-order valence-corrected chi connectivity index (χ2v) is 5.43. The van der Waals surface area contributed by atoms with E-state index in [0.29, 0.717) is 31.0 Å². The van der Waals surface area contributed by atoms with Crippen LogP contribution in [0.15, 0.2) is 29.8 Å². The molecule has 1 aliphatic rings. The molecule has 0 bridgehead atoms. The van der Waals surface area contributed by atoms with Gasteiger partial charge in [-0.05, 0) is 44.7 Å². The summed E-state index contributed by atoms with van der Waals surface area (Å²) in [5, 5.41) is 2.99. The number of carbonyl (C=O) groups is 1. The third kappa shape index (κ3) is 4.60. The zero-order valence-electron chi connectivity index (χ0n) is 12.7. The van der Waals surface area contributed by atoms with Crippen LogP contribution in [0.5, 0.6) is 5.75 Å². The van der Waals surface area contributed by atoms with Crippen LogP contribution in [0.1, 0.15) is 41.6 Å². The van der Waals surface area contributed by atoms with Crippen LogP contribution in [0.3, 0.4) is 0 Å². The molecule has 0 aliphatic heterocycles. The summed E-state index contributed by atoms with van der Waals surface area (Å²) in [6.45, 7) is 3.44. The summed E-state index contributed by atoms with van der Waals surface area (Å²) in [4.78, 5) is 12.4. The first-order valence-corrected chi connectivity index (χ1v) is 7.60. The van der Waals surface area contributed by atoms with Crippen molar-refractivity contribution in [2.45, 2.75) is 32.6 Å². The molecule has 3 N–H and O–H groups in total. The Kier molecular flexibility index (Phi) is 5.81. The van der Waals surface area contributed by atoms with Gasteiger partial charge in [0.2, 0.25) is 0 Å². The second-order valence-electron chi connectivity index (χ2n) is 5.43. The summed E-state index contributed by atoms with van der Waals surface area (Å²) in [7, 11) is 0. The molecule has 1 amide bonds. The Morgan fingerprint density at radius 3 is 2.95 bits per heavy atom. The number of hydrogen-bond acceptors (Lipinski definition) is 3. The molecule has 0 fully saturated rings. The Balaban J connectivity index is 2.03. The van der Waals surface area contributed by atoms with Crippen molar-refractivity contribution in [3.8, 4) is 5.75 Å². The summed E-state index contributed by atoms with van der Waals surface area (Å²) >= 11 is 0. The number of amides is 1. The number of hydrogen-bond donors (Lipinski definition) is 2. The summed E-state index contributed by atoms with van der Waals surface area (Å²) in [6.07, 6.45) is 6.93. The molecule has 1 aromatic carbocycles. The predicted octanol–water partition coefficient (Wildman–Crippen LogP) is 2.56. The Morgan fingerprint density at radius 1 is 1.38 bits per heavy atom. The third-order valence-corrected chi connectivity index (χ3v) is 3.62. The number of rotatable bonds is 6. The number of benzene rings is 1. The van der Waals surface area contributed by atoms with E-state index in [9.17, 15) is 4.79 Å². The Hall–Kier alpha value is -1.81. The number of aryl methyl sites for hydroxylation is 1. The average molecular weight is 288 g/mol. The molecule has 114 valence electrons. The van der Waals surface area contributed by atoms with Crippen LogP contribution < -0.4 is 15.8 Å². The quantitative estimate of drug-likeness (QED) is 0.791. The first-order valence-electron chi connectivity index (χ1n) is 7.60. The summed E-state index contributed by atoms with van der Waals surface area (Å²) in [5.41, 5.74) is 8.40. The predicted molar refractivity (Wildman–Crippen MR) is 84.6 cm³/mol. The van der Waals surface area contributed by atoms with Gasteiger partial charge in [0.15, 0.2) is 0 Å². The maximum Gasteiger partial charge on any atom is 0.255 e. The Morgan fingerprint density at radius 2 is 2.24 bits per heavy atom. The van der Waals surface area contributed by atoms with Gasteiger partial charge in [0, 0.05) is 13.1 Å². The van der Waals surface area contributed by atoms with E-state index >= 15 is 0 Å². The van der Waals surface area contributed by atoms with Crippen molar-refractivity contribution in [2.75, 3.05) is 19.7 Å². The topological polar surface area (TPSA) is 64.3 Å². The van der Waals surface area contributed by atoms with Gasteiger partial charge in [-0.3, -0.25) is 4.79 Å². The van der Waals surface area contributed by atoms with Gasteiger partial charge >= 0.3 is 0 Å². The number of ether oxygens (including phenoxy) is 1. The van der Waals surface area contributed by atoms with E-state index in [2.05, 4.69) is 11.4 Å². The van der Waals surface area contributed by atoms with Crippen molar-refractivity contribution < 1.29 is 9.53 Å². The molecule has 0 radical (unpaired) electrons. The van der Waals surface area contributed by atoms with Crippen molar-refractivity contribution in [3.05, 3.63) is 41.0 Å². The number of nitrogens with one attached hydrogen (secondary N) is 1. The lowest BCUT2D eigenvalue weighted by molar-refractivity contribution is 0.0952. The summed E-state index contributed by atoms with van der Waals surface area (Å²) in [6, 6.07) is 5.63. The maximum absolute atomic E-state index is 12.4. The first-order chi connectivity index (χ1) is 10.2. The minimum Gasteiger partial charge on any atom is -0.491 e. The lowest BCUT2D eigenvalue weighted by atomic mass is 9.99. The highest BCUT2D eigenvalue weighted by atomic mass is 16.5. The molecule has 0 saturated heterocycles. The second kappa shape index (κ2) is 7.84. The minimum absolute atomic E-state index is 0.0859. The number of carbonyl (C=O) groups excluding carboxylic acids is 1. The van der Waals surface area contributed by atoms with Gasteiger partial charge in [-0.15, -0.1) is 0 Å². The zero-order valence-corrected chi connectivity index (χ0v) is 12.7. The molecule has 21 heavy (non-hydrogen) atoms. The van der Waals surface area contributed by atoms with E-state index in [4.69, 9.17) is 10.5 Å². The summed E-state index contributed by atoms with van der Waals surface area (Å²) < 4.78 is 5.55. The van der Waals surface area contributed by atoms with Crippen LogP contribution >= 0.6 is 0 Å². The number of nitrogens with two attached hydrogens (primary N) is 1. The van der Waals surface area contributed by atoms with Crippen molar-refractivity contribution in [3.63, 3.8) is 0 Å². The Labute approximate surface area is 126 Å². The van der Waals surface area contributed by atoms with Gasteiger partial charge in [-0.25, -0.2) is 0 Å². The average Bonchev–Trinajstić information content (AvgIpc) is 2.52. The van der Waals surface area contributed by atoms with Crippen molar-refractivity contribution >= 4 is 5.91 Å². The molecule has 0 heterocycles. The fourth-order valence-corrected chi connectivity index (χ4v) is 2.47. The molecule has 2 rings (SSSR count). The molecule has 0 saturated carbocycles. The molecule has 0 unspecified atom stereocenters. The van der Waals surface area contributed by atoms with Crippen LogP contribution in [0, 0.1) is 6.92 Å². The number of allylic oxidation sites excluding steroid dienone is 1. The molecular weight excluding hydrogens is 264 g/mol. The molecule has 4 nitrogen and oxygen atoms in total. The minimum atomic E-state index is -0.0859. The lowest BCUT2D eigenvalue weighted by Gasteiger charge is -2.15. The van der Waals surface area contributed by atoms with Gasteiger partial charge in [0.1, 0.15) is 12.4 Å². The Bertz CT molecular complexity index is 524. The van der Waals surface area contributed by atoms with E-state index in [0.717, 1.165) is 18.4 Å². The lowest BCUT2D eigenvalue weighted by Crippen LogP contribution is -2.27. The fourth-order valence-electron chi connectivity index (χ4n) is 2.47. The van der Waals surface area contributed by atoms with Gasteiger partial charge in [0.25, 0.3) is 5.91 Å². The molecule has 1 aromatic rings. The largest absolute Gasteiger partial charge is 0.491 e. The van der Waals surface area contributed by atoms with E-state index in [1.54, 1.807) is 0 Å². The van der Waals surface area contributed by atoms with E-state index in [1.807, 2.05) is 25.1 Å². The van der Waals surface area contributed by atoms with E-state index in [-0.39, 0.29) is 5.91 Å². The van der Waals surface area contributed by atoms with E-state index in [1.165, 1.54) is 18.4 Å². The molecule has 4 heteroatoms. The molecule has 0 aromatic heterocycles. The first kappa shape index (κ1) is 15.6. The van der Waals surface area contributed by atoms with Crippen LogP contribution in [0.4, 0.5) is 0 Å². The third-order valence-electron chi connectivity index (χ3n) is 3.62. The molecule has 1 aliphatic carbocycles. The standard InChI is InChI=1S/C17H24N2O2/c1-13-7-8-16(21-10-9-18)15(11-13)17(20)19-12-14-5-3-2-4-6-14/h5,7-8,11H,2-4,6,9-10,12,18H2,1H3,(H,19,20). The maximum atomic E-state index is 12.4. The monoisotopic (exact) mass is 288 g/mol. The molecular formula is C17H24N2O2. The normalized spacial score (nSPS) is 14.5. The molecule has 0 atom stereocenters. The van der Waals surface area contributed by atoms with Gasteiger partial charge in [-0.1, -0.05) is 23.3 Å². The van der Waals surface area contributed by atoms with E-state index < -0.39 is 0 Å². The van der Waals surface area contributed by atoms with Crippen LogP contribution in [-0.2, 0) is 0 Å². The fraction of sp³-hybridized carbons (Fsp3) is 0.471. The van der Waals surface area contributed by atoms with Crippen molar-refractivity contribution in [2.24, 2.45) is 5.73 Å². The highest BCUT2D eigenvalue weighted by molar-refractivity contribution is 5.97. The van der Waals surface area contributed by atoms with Crippen LogP contribution in [-0.4, -0.2) is 25.6 Å². The van der Waals surface area contributed by atoms with Gasteiger partial charge < -0.3 is 15.8 Å². The summed E-state index contributed by atoms with van der Waals surface area (Å²) in [5.74, 6) is 0.512. The van der Waals surface area contributed by atoms with Crippen LogP contribution in [0.2, 0.25) is 0 Å². The van der Waals surface area contributed by atoms with Crippen LogP contribution in [0.25, 0.3) is 0 Å². The van der Waals surface area contributed by atoms with Gasteiger partial charge in [0.05, 0.1) is 5.56 Å². The highest BCUT2D eigenvalue weighted by Crippen LogP contribution is 2.21. The smallest absolute Gasteiger partial charge is 0.255 e. The zero-order chi connectivity index (χ0) is 15.1.